The fourth-order valence-corrected chi connectivity index (χ4v) is 3.86. The van der Waals surface area contributed by atoms with Crippen LogP contribution in [0, 0.1) is 11.3 Å². The first-order chi connectivity index (χ1) is 12.4. The number of aliphatic hydroxyl groups is 1. The van der Waals surface area contributed by atoms with Gasteiger partial charge in [0.1, 0.15) is 11.2 Å². The topological polar surface area (TPSA) is 69.6 Å². The summed E-state index contributed by atoms with van der Waals surface area (Å²) < 4.78 is 5.88. The average molecular weight is 376 g/mol. The van der Waals surface area contributed by atoms with Gasteiger partial charge in [-0.05, 0) is 24.6 Å². The second kappa shape index (κ2) is 9.83. The van der Waals surface area contributed by atoms with Crippen LogP contribution in [0.1, 0.15) is 39.5 Å². The molecule has 1 aliphatic carbocycles. The van der Waals surface area contributed by atoms with E-state index in [0.29, 0.717) is 5.75 Å². The summed E-state index contributed by atoms with van der Waals surface area (Å²) >= 11 is 1.42. The molecular weight excluding hydrogens is 348 g/mol. The Morgan fingerprint density at radius 2 is 2.19 bits per heavy atom. The number of hydrogen-bond acceptors (Lipinski definition) is 5. The molecule has 4 nitrogen and oxygen atoms in total. The lowest BCUT2D eigenvalue weighted by atomic mass is 9.75. The second-order valence-electron chi connectivity index (χ2n) is 6.88. The Balaban J connectivity index is 1.95. The van der Waals surface area contributed by atoms with E-state index < -0.39 is 22.7 Å². The molecule has 0 aromatic heterocycles. The first-order valence-electron chi connectivity index (χ1n) is 9.09. The number of benzene rings is 1. The van der Waals surface area contributed by atoms with Crippen LogP contribution >= 0.6 is 11.8 Å². The molecule has 142 valence electrons. The van der Waals surface area contributed by atoms with E-state index in [9.17, 15) is 15.0 Å². The van der Waals surface area contributed by atoms with Crippen LogP contribution in [0.25, 0.3) is 0 Å². The molecule has 0 fully saturated rings. The number of carboxylic acid groups (broad SMARTS) is 1. The van der Waals surface area contributed by atoms with Crippen LogP contribution in [0.3, 0.4) is 0 Å². The molecule has 0 heterocycles. The maximum atomic E-state index is 11.4. The lowest BCUT2D eigenvalue weighted by Gasteiger charge is -2.35. The van der Waals surface area contributed by atoms with Crippen molar-refractivity contribution in [2.75, 3.05) is 6.61 Å². The molecule has 0 spiro atoms. The van der Waals surface area contributed by atoms with Crippen LogP contribution in [-0.2, 0) is 4.79 Å². The molecule has 0 bridgehead atoms. The van der Waals surface area contributed by atoms with Gasteiger partial charge in [-0.2, -0.15) is 0 Å². The third kappa shape index (κ3) is 5.92. The second-order valence-corrected chi connectivity index (χ2v) is 8.13. The first kappa shape index (κ1) is 20.6. The van der Waals surface area contributed by atoms with Crippen LogP contribution in [0.15, 0.2) is 53.5 Å². The Bertz CT molecular complexity index is 655. The summed E-state index contributed by atoms with van der Waals surface area (Å²) in [7, 11) is 0. The summed E-state index contributed by atoms with van der Waals surface area (Å²) in [6.07, 6.45) is 11.1. The number of thioether (sulfide) groups is 1. The number of carboxylic acids is 1. The average Bonchev–Trinajstić information content (AvgIpc) is 2.61. The molecule has 1 aliphatic rings. The molecule has 26 heavy (non-hydrogen) atoms. The number of aliphatic carboxylic acids is 1. The van der Waals surface area contributed by atoms with Gasteiger partial charge in [0.15, 0.2) is 0 Å². The summed E-state index contributed by atoms with van der Waals surface area (Å²) in [4.78, 5) is 12.3. The number of aliphatic hydroxyl groups excluding tert-OH is 1. The molecular formula is C21H27O4S-. The largest absolute Gasteiger partial charge is 0.549 e. The van der Waals surface area contributed by atoms with E-state index in [4.69, 9.17) is 4.74 Å². The van der Waals surface area contributed by atoms with E-state index >= 15 is 0 Å². The van der Waals surface area contributed by atoms with Gasteiger partial charge in [-0.1, -0.05) is 75.2 Å². The maximum Gasteiger partial charge on any atom is 0.120 e. The fraction of sp³-hybridized carbons (Fsp3) is 0.476. The number of rotatable bonds is 10. The van der Waals surface area contributed by atoms with E-state index in [1.165, 1.54) is 11.8 Å². The normalized spacial score (nSPS) is 23.0. The van der Waals surface area contributed by atoms with Crippen LogP contribution in [0.4, 0.5) is 0 Å². The zero-order chi connectivity index (χ0) is 19.0. The molecule has 0 aliphatic heterocycles. The van der Waals surface area contributed by atoms with Crippen molar-refractivity contribution in [2.24, 2.45) is 11.3 Å². The van der Waals surface area contributed by atoms with Crippen LogP contribution in [0.5, 0.6) is 5.75 Å². The zero-order valence-electron chi connectivity index (χ0n) is 15.4. The van der Waals surface area contributed by atoms with Crippen molar-refractivity contribution in [3.63, 3.8) is 0 Å². The van der Waals surface area contributed by atoms with Gasteiger partial charge in [0.25, 0.3) is 0 Å². The molecule has 5 heteroatoms. The Morgan fingerprint density at radius 3 is 2.92 bits per heavy atom. The smallest absolute Gasteiger partial charge is 0.120 e. The zero-order valence-corrected chi connectivity index (χ0v) is 16.2. The molecule has 3 unspecified atom stereocenters. The molecule has 0 amide bonds. The highest BCUT2D eigenvalue weighted by Gasteiger charge is 2.33. The van der Waals surface area contributed by atoms with E-state index in [-0.39, 0.29) is 6.61 Å². The number of ether oxygens (including phenoxy) is 1. The van der Waals surface area contributed by atoms with Crippen molar-refractivity contribution < 1.29 is 19.7 Å². The minimum absolute atomic E-state index is 0.236. The highest BCUT2D eigenvalue weighted by atomic mass is 32.2. The molecule has 1 aromatic carbocycles. The minimum Gasteiger partial charge on any atom is -0.549 e. The number of hydrogen-bond donors (Lipinski definition) is 1. The van der Waals surface area contributed by atoms with Crippen molar-refractivity contribution in [3.05, 3.63) is 48.6 Å². The molecule has 1 aromatic rings. The summed E-state index contributed by atoms with van der Waals surface area (Å²) in [5, 5.41) is 21.5. The van der Waals surface area contributed by atoms with Crippen LogP contribution in [0.2, 0.25) is 0 Å². The van der Waals surface area contributed by atoms with Gasteiger partial charge in [-0.15, -0.1) is 0 Å². The van der Waals surface area contributed by atoms with Crippen LogP contribution in [-0.4, -0.2) is 23.1 Å². The third-order valence-corrected chi connectivity index (χ3v) is 5.57. The quantitative estimate of drug-likeness (QED) is 0.385. The monoisotopic (exact) mass is 375 g/mol. The van der Waals surface area contributed by atoms with Crippen molar-refractivity contribution in [2.45, 2.75) is 49.9 Å². The number of carbonyl (C=O) groups is 1. The van der Waals surface area contributed by atoms with Gasteiger partial charge < -0.3 is 19.7 Å². The predicted molar refractivity (Wildman–Crippen MR) is 103 cm³/mol. The van der Waals surface area contributed by atoms with Crippen molar-refractivity contribution >= 4 is 17.7 Å². The van der Waals surface area contributed by atoms with Gasteiger partial charge in [-0.3, -0.25) is 0 Å². The van der Waals surface area contributed by atoms with Gasteiger partial charge in [0.05, 0.1) is 6.61 Å². The Morgan fingerprint density at radius 1 is 1.38 bits per heavy atom. The third-order valence-electron chi connectivity index (χ3n) is 4.54. The number of carbonyl (C=O) groups excluding carboxylic acids is 1. The molecule has 0 radical (unpaired) electrons. The van der Waals surface area contributed by atoms with Gasteiger partial charge in [0, 0.05) is 22.2 Å². The number of allylic oxidation sites excluding steroid dienone is 2. The van der Waals surface area contributed by atoms with E-state index in [1.807, 2.05) is 43.3 Å². The summed E-state index contributed by atoms with van der Waals surface area (Å²) in [5.41, 5.74) is -1.08. The summed E-state index contributed by atoms with van der Waals surface area (Å²) in [6.45, 7) is 4.23. The predicted octanol–water partition coefficient (Wildman–Crippen LogP) is 3.55. The highest BCUT2D eigenvalue weighted by Crippen LogP contribution is 2.34. The standard InChI is InChI=1S/C21H28O4S/c1-3-4-5-12-19(22)26-17-10-8-9-16(14-17)25-15-21(2)13-7-6-11-18(21)20(23)24/h6-11,13-14,18-19,22H,3-5,12,15H2,1-2H3,(H,23,24)/p-1. The van der Waals surface area contributed by atoms with E-state index in [2.05, 4.69) is 6.92 Å². The van der Waals surface area contributed by atoms with Crippen LogP contribution < -0.4 is 9.84 Å². The van der Waals surface area contributed by atoms with Gasteiger partial charge >= 0.3 is 0 Å². The van der Waals surface area contributed by atoms with Gasteiger partial charge in [0.2, 0.25) is 0 Å². The Hall–Kier alpha value is -1.72. The number of unbranched alkanes of at least 4 members (excludes halogenated alkanes) is 2. The molecule has 0 saturated carbocycles. The fourth-order valence-electron chi connectivity index (χ4n) is 2.92. The summed E-state index contributed by atoms with van der Waals surface area (Å²) in [5.74, 6) is -1.15. The van der Waals surface area contributed by atoms with E-state index in [0.717, 1.165) is 30.6 Å². The maximum absolute atomic E-state index is 11.4. The van der Waals surface area contributed by atoms with E-state index in [1.54, 1.807) is 12.2 Å². The first-order valence-corrected chi connectivity index (χ1v) is 9.97. The summed E-state index contributed by atoms with van der Waals surface area (Å²) in [6, 6.07) is 7.54. The van der Waals surface area contributed by atoms with Gasteiger partial charge in [-0.25, -0.2) is 0 Å². The molecule has 2 rings (SSSR count). The Labute approximate surface area is 160 Å². The minimum atomic E-state index is -1.10. The molecule has 3 atom stereocenters. The van der Waals surface area contributed by atoms with Crippen molar-refractivity contribution in [1.82, 2.24) is 0 Å². The SMILES string of the molecule is CCCCCC(O)Sc1cccc(OCC2(C)C=CC=CC2C(=O)[O-])c1. The van der Waals surface area contributed by atoms with Crippen molar-refractivity contribution in [1.29, 1.82) is 0 Å². The van der Waals surface area contributed by atoms with Crippen molar-refractivity contribution in [3.8, 4) is 5.75 Å². The Kier molecular flexibility index (Phi) is 7.79. The molecule has 0 saturated heterocycles. The molecule has 1 N–H and O–H groups in total. The lowest BCUT2D eigenvalue weighted by Crippen LogP contribution is -2.43. The highest BCUT2D eigenvalue weighted by molar-refractivity contribution is 7.99. The lowest BCUT2D eigenvalue weighted by molar-refractivity contribution is -0.312.